The molecule has 0 aliphatic carbocycles. The van der Waals surface area contributed by atoms with Crippen LogP contribution < -0.4 is 10.6 Å². The van der Waals surface area contributed by atoms with E-state index in [1.54, 1.807) is 0 Å². The van der Waals surface area contributed by atoms with E-state index in [1.807, 2.05) is 6.07 Å². The molecule has 0 saturated carbocycles. The first-order chi connectivity index (χ1) is 17.2. The summed E-state index contributed by atoms with van der Waals surface area (Å²) in [7, 11) is 0. The Morgan fingerprint density at radius 1 is 1.31 bits per heavy atom. The van der Waals surface area contributed by atoms with E-state index in [-0.39, 0.29) is 53.5 Å². The van der Waals surface area contributed by atoms with Gasteiger partial charge in [-0.2, -0.15) is 5.26 Å². The zero-order valence-electron chi connectivity index (χ0n) is 18.5. The topological polar surface area (TPSA) is 140 Å². The highest BCUT2D eigenvalue weighted by molar-refractivity contribution is 6.30. The second-order valence-corrected chi connectivity index (χ2v) is 8.50. The second-order valence-electron chi connectivity index (χ2n) is 8.10. The van der Waals surface area contributed by atoms with Gasteiger partial charge in [-0.1, -0.05) is 23.7 Å². The number of aromatic nitrogens is 2. The van der Waals surface area contributed by atoms with Crippen molar-refractivity contribution in [3.05, 3.63) is 58.6 Å². The molecule has 10 nitrogen and oxygen atoms in total. The number of carbonyl (C=O) groups excluding carboxylic acids is 2. The third-order valence-electron chi connectivity index (χ3n) is 5.80. The molecule has 2 aromatic heterocycles. The third-order valence-corrected chi connectivity index (χ3v) is 6.10. The molecule has 1 aliphatic heterocycles. The lowest BCUT2D eigenvalue weighted by molar-refractivity contribution is -0.139. The normalized spacial score (nSPS) is 17.1. The van der Waals surface area contributed by atoms with E-state index in [9.17, 15) is 28.4 Å². The minimum absolute atomic E-state index is 0.00154. The Labute approximate surface area is 208 Å². The highest BCUT2D eigenvalue weighted by atomic mass is 35.5. The van der Waals surface area contributed by atoms with Crippen molar-refractivity contribution >= 4 is 46.2 Å². The first-order valence-corrected chi connectivity index (χ1v) is 11.1. The Hall–Kier alpha value is -4.24. The summed E-state index contributed by atoms with van der Waals surface area (Å²) in [6.07, 6.45) is -0.354. The second kappa shape index (κ2) is 10.2. The quantitative estimate of drug-likeness (QED) is 0.460. The number of halogens is 3. The summed E-state index contributed by atoms with van der Waals surface area (Å²) in [4.78, 5) is 42.2. The summed E-state index contributed by atoms with van der Waals surface area (Å²) in [5.41, 5.74) is 0.397. The van der Waals surface area contributed by atoms with Gasteiger partial charge in [-0.3, -0.25) is 14.9 Å². The number of anilines is 1. The van der Waals surface area contributed by atoms with Gasteiger partial charge in [0.05, 0.1) is 22.8 Å². The van der Waals surface area contributed by atoms with Crippen LogP contribution in [0.4, 0.5) is 19.3 Å². The molecule has 3 amide bonds. The third kappa shape index (κ3) is 4.92. The number of nitrogens with zero attached hydrogens (tertiary/aromatic N) is 4. The highest BCUT2D eigenvalue weighted by Crippen LogP contribution is 2.28. The molecule has 1 aromatic carbocycles. The molecule has 13 heteroatoms. The van der Waals surface area contributed by atoms with Crippen LogP contribution in [-0.4, -0.2) is 56.2 Å². The van der Waals surface area contributed by atoms with Gasteiger partial charge in [0.1, 0.15) is 36.3 Å². The number of alkyl halides is 1. The number of amides is 3. The molecular weight excluding hydrogens is 498 g/mol. The molecule has 0 unspecified atom stereocenters. The minimum Gasteiger partial charge on any atom is -0.465 e. The summed E-state index contributed by atoms with van der Waals surface area (Å²) in [5.74, 6) is -1.88. The van der Waals surface area contributed by atoms with Crippen LogP contribution >= 0.6 is 11.6 Å². The van der Waals surface area contributed by atoms with Crippen LogP contribution in [0.25, 0.3) is 11.0 Å². The number of rotatable bonds is 6. The van der Waals surface area contributed by atoms with Crippen molar-refractivity contribution in [2.45, 2.75) is 31.7 Å². The van der Waals surface area contributed by atoms with Crippen LogP contribution in [0.3, 0.4) is 0 Å². The van der Waals surface area contributed by atoms with Crippen molar-refractivity contribution in [2.75, 3.05) is 11.9 Å². The van der Waals surface area contributed by atoms with Crippen molar-refractivity contribution in [2.24, 2.45) is 0 Å². The molecule has 0 radical (unpaired) electrons. The fourth-order valence-corrected chi connectivity index (χ4v) is 4.32. The Kier molecular flexibility index (Phi) is 7.03. The molecule has 1 fully saturated rings. The van der Waals surface area contributed by atoms with E-state index in [0.29, 0.717) is 5.39 Å². The van der Waals surface area contributed by atoms with E-state index in [4.69, 9.17) is 16.7 Å². The van der Waals surface area contributed by atoms with E-state index < -0.39 is 35.9 Å². The molecule has 3 aromatic rings. The molecular formula is C23H19ClF2N6O4. The molecule has 3 heterocycles. The maximum atomic E-state index is 14.2. The number of pyridine rings is 1. The van der Waals surface area contributed by atoms with Crippen LogP contribution in [0, 0.1) is 17.1 Å². The fourth-order valence-electron chi connectivity index (χ4n) is 4.12. The number of fused-ring (bicyclic) bond motifs is 1. The summed E-state index contributed by atoms with van der Waals surface area (Å²) in [5, 5.41) is 23.2. The maximum Gasteiger partial charge on any atom is 0.409 e. The van der Waals surface area contributed by atoms with E-state index in [0.717, 1.165) is 4.90 Å². The molecule has 4 rings (SSSR count). The molecule has 1 saturated heterocycles. The van der Waals surface area contributed by atoms with Crippen molar-refractivity contribution in [1.29, 1.82) is 5.26 Å². The number of likely N-dealkylation sites (tertiary alicyclic amines) is 1. The van der Waals surface area contributed by atoms with Crippen molar-refractivity contribution in [1.82, 2.24) is 19.8 Å². The summed E-state index contributed by atoms with van der Waals surface area (Å²) < 4.78 is 29.8. The smallest absolute Gasteiger partial charge is 0.409 e. The standard InChI is InChI=1S/C23H19ClF2N6O4/c24-16-3-1-2-12(19(16)26)8-29-22(34)17-6-14(25)10-32(17)18(33)11-31-5-4-15-20(30-23(35)36)13(7-27)9-28-21(15)31/h1-5,9,14,17H,6,8,10-11H2,(H,28,30)(H,29,34)(H,35,36)/t14-,17+/m1/s1. The largest absolute Gasteiger partial charge is 0.465 e. The maximum absolute atomic E-state index is 14.2. The zero-order chi connectivity index (χ0) is 26.0. The molecule has 0 spiro atoms. The SMILES string of the molecule is N#Cc1cnc2c(ccn2CC(=O)N2C[C@H](F)C[C@H]2C(=O)NCc2cccc(Cl)c2F)c1NC(=O)O. The lowest BCUT2D eigenvalue weighted by atomic mass is 10.1. The van der Waals surface area contributed by atoms with Crippen molar-refractivity contribution in [3.63, 3.8) is 0 Å². The Balaban J connectivity index is 1.51. The molecule has 0 bridgehead atoms. The predicted molar refractivity (Wildman–Crippen MR) is 124 cm³/mol. The Bertz CT molecular complexity index is 1410. The average molecular weight is 517 g/mol. The summed E-state index contributed by atoms with van der Waals surface area (Å²) in [6, 6.07) is 6.60. The molecule has 36 heavy (non-hydrogen) atoms. The van der Waals surface area contributed by atoms with Gasteiger partial charge < -0.3 is 19.9 Å². The van der Waals surface area contributed by atoms with Gasteiger partial charge in [0, 0.05) is 36.3 Å². The van der Waals surface area contributed by atoms with Gasteiger partial charge in [0.25, 0.3) is 0 Å². The minimum atomic E-state index is -1.42. The Morgan fingerprint density at radius 3 is 2.81 bits per heavy atom. The van der Waals surface area contributed by atoms with Gasteiger partial charge in [0.2, 0.25) is 11.8 Å². The number of nitrogens with one attached hydrogen (secondary N) is 2. The monoisotopic (exact) mass is 516 g/mol. The molecule has 3 N–H and O–H groups in total. The number of hydrogen-bond donors (Lipinski definition) is 3. The first kappa shape index (κ1) is 24.9. The van der Waals surface area contributed by atoms with Crippen LogP contribution in [0.5, 0.6) is 0 Å². The highest BCUT2D eigenvalue weighted by Gasteiger charge is 2.39. The number of benzene rings is 1. The number of carbonyl (C=O) groups is 3. The van der Waals surface area contributed by atoms with E-state index in [1.165, 1.54) is 41.2 Å². The molecule has 2 atom stereocenters. The summed E-state index contributed by atoms with van der Waals surface area (Å²) in [6.45, 7) is -0.790. The summed E-state index contributed by atoms with van der Waals surface area (Å²) >= 11 is 5.75. The number of carboxylic acid groups (broad SMARTS) is 1. The Morgan fingerprint density at radius 2 is 2.08 bits per heavy atom. The van der Waals surface area contributed by atoms with Gasteiger partial charge >= 0.3 is 6.09 Å². The zero-order valence-corrected chi connectivity index (χ0v) is 19.3. The molecule has 1 aliphatic rings. The van der Waals surface area contributed by atoms with E-state index in [2.05, 4.69) is 15.6 Å². The van der Waals surface area contributed by atoms with E-state index >= 15 is 0 Å². The van der Waals surface area contributed by atoms with Gasteiger partial charge in [-0.05, 0) is 12.1 Å². The number of hydrogen-bond acceptors (Lipinski definition) is 5. The lowest BCUT2D eigenvalue weighted by Crippen LogP contribution is -2.46. The van der Waals surface area contributed by atoms with Gasteiger partial charge in [-0.15, -0.1) is 0 Å². The van der Waals surface area contributed by atoms with Crippen molar-refractivity contribution < 1.29 is 28.3 Å². The fraction of sp³-hybridized carbons (Fsp3) is 0.261. The van der Waals surface area contributed by atoms with Crippen LogP contribution in [0.15, 0.2) is 36.7 Å². The predicted octanol–water partition coefficient (Wildman–Crippen LogP) is 3.05. The first-order valence-electron chi connectivity index (χ1n) is 10.7. The van der Waals surface area contributed by atoms with Gasteiger partial charge in [0.15, 0.2) is 0 Å². The lowest BCUT2D eigenvalue weighted by Gasteiger charge is -2.24. The molecule has 186 valence electrons. The van der Waals surface area contributed by atoms with Crippen LogP contribution in [0.2, 0.25) is 5.02 Å². The van der Waals surface area contributed by atoms with Crippen molar-refractivity contribution in [3.8, 4) is 6.07 Å². The van der Waals surface area contributed by atoms with Crippen LogP contribution in [-0.2, 0) is 22.7 Å². The van der Waals surface area contributed by atoms with Crippen LogP contribution in [0.1, 0.15) is 17.5 Å². The van der Waals surface area contributed by atoms with Gasteiger partial charge in [-0.25, -0.2) is 18.6 Å². The number of nitriles is 1. The average Bonchev–Trinajstić information content (AvgIpc) is 3.43.